The number of halogens is 1. The van der Waals surface area contributed by atoms with Crippen molar-refractivity contribution >= 4 is 38.9 Å². The predicted octanol–water partition coefficient (Wildman–Crippen LogP) is 4.26. The molecule has 1 aromatic heterocycles. The first-order valence-electron chi connectivity index (χ1n) is 12.0. The van der Waals surface area contributed by atoms with Crippen LogP contribution in [0.3, 0.4) is 0 Å². The Kier molecular flexibility index (Phi) is 9.16. The molecule has 1 N–H and O–H groups in total. The zero-order valence-corrected chi connectivity index (χ0v) is 24.2. The van der Waals surface area contributed by atoms with E-state index in [0.717, 1.165) is 21.2 Å². The van der Waals surface area contributed by atoms with Crippen molar-refractivity contribution in [3.63, 3.8) is 0 Å². The second-order valence-electron chi connectivity index (χ2n) is 8.88. The number of ether oxygens (including phenoxy) is 2. The summed E-state index contributed by atoms with van der Waals surface area (Å²) in [6.07, 6.45) is 1.69. The van der Waals surface area contributed by atoms with Crippen molar-refractivity contribution in [2.45, 2.75) is 31.7 Å². The van der Waals surface area contributed by atoms with Crippen LogP contribution in [0.5, 0.6) is 11.5 Å². The van der Waals surface area contributed by atoms with E-state index in [1.165, 1.54) is 32.4 Å². The Hall–Kier alpha value is -3.44. The molecular formula is C26H34ClN5O5S. The Morgan fingerprint density at radius 3 is 2.34 bits per heavy atom. The minimum absolute atomic E-state index is 0.0743. The Morgan fingerprint density at radius 2 is 1.79 bits per heavy atom. The van der Waals surface area contributed by atoms with Crippen molar-refractivity contribution in [1.29, 1.82) is 0 Å². The molecule has 0 bridgehead atoms. The summed E-state index contributed by atoms with van der Waals surface area (Å²) in [5.41, 5.74) is 2.59. The number of carbonyl (C=O) groups is 1. The maximum Gasteiger partial charge on any atom is 0.264 e. The number of benzene rings is 2. The molecule has 1 heterocycles. The SMILES string of the molecule is CCN(C(=O)CN(c1cc(N(C)C)ccc1Cl)S(=O)(=O)c1ccc(OC)c(OC)c1)C(C)c1[nH]ncc1C. The number of H-pyrrole nitrogens is 1. The van der Waals surface area contributed by atoms with E-state index < -0.39 is 22.5 Å². The normalized spacial score (nSPS) is 12.1. The van der Waals surface area contributed by atoms with Gasteiger partial charge >= 0.3 is 0 Å². The van der Waals surface area contributed by atoms with Gasteiger partial charge < -0.3 is 19.3 Å². The molecule has 1 amide bonds. The lowest BCUT2D eigenvalue weighted by atomic mass is 10.1. The van der Waals surface area contributed by atoms with Crippen molar-refractivity contribution in [2.75, 3.05) is 50.6 Å². The zero-order valence-electron chi connectivity index (χ0n) is 22.6. The van der Waals surface area contributed by atoms with E-state index in [1.54, 1.807) is 29.3 Å². The van der Waals surface area contributed by atoms with Gasteiger partial charge in [0.05, 0.1) is 47.8 Å². The van der Waals surface area contributed by atoms with Crippen molar-refractivity contribution in [3.8, 4) is 11.5 Å². The molecule has 10 nitrogen and oxygen atoms in total. The number of amides is 1. The van der Waals surface area contributed by atoms with E-state index >= 15 is 0 Å². The minimum atomic E-state index is -4.27. The first-order chi connectivity index (χ1) is 18.0. The van der Waals surface area contributed by atoms with Crippen LogP contribution in [0.2, 0.25) is 5.02 Å². The number of hydrogen-bond donors (Lipinski definition) is 1. The van der Waals surface area contributed by atoms with Gasteiger partial charge in [-0.2, -0.15) is 5.10 Å². The van der Waals surface area contributed by atoms with Crippen LogP contribution in [0, 0.1) is 6.92 Å². The Bertz CT molecular complexity index is 1390. The number of carbonyl (C=O) groups excluding carboxylic acids is 1. The topological polar surface area (TPSA) is 108 Å². The fourth-order valence-corrected chi connectivity index (χ4v) is 5.90. The van der Waals surface area contributed by atoms with E-state index in [-0.39, 0.29) is 27.4 Å². The Labute approximate surface area is 229 Å². The summed E-state index contributed by atoms with van der Waals surface area (Å²) in [5.74, 6) is 0.221. The van der Waals surface area contributed by atoms with Crippen molar-refractivity contribution < 1.29 is 22.7 Å². The number of methoxy groups -OCH3 is 2. The summed E-state index contributed by atoms with van der Waals surface area (Å²) in [5, 5.41) is 7.19. The van der Waals surface area contributed by atoms with Crippen LogP contribution in [-0.4, -0.2) is 70.8 Å². The van der Waals surface area contributed by atoms with Gasteiger partial charge in [-0.05, 0) is 56.7 Å². The molecule has 2 aromatic carbocycles. The molecule has 38 heavy (non-hydrogen) atoms. The van der Waals surface area contributed by atoms with Crippen LogP contribution in [0.4, 0.5) is 11.4 Å². The maximum absolute atomic E-state index is 14.1. The number of likely N-dealkylation sites (N-methyl/N-ethyl adjacent to an activating group) is 1. The van der Waals surface area contributed by atoms with Gasteiger partial charge in [-0.3, -0.25) is 14.2 Å². The molecule has 12 heteroatoms. The number of nitrogens with zero attached hydrogens (tertiary/aromatic N) is 4. The van der Waals surface area contributed by atoms with Crippen LogP contribution >= 0.6 is 11.6 Å². The molecule has 0 aliphatic carbocycles. The molecule has 0 fully saturated rings. The molecule has 3 aromatic rings. The lowest BCUT2D eigenvalue weighted by Crippen LogP contribution is -2.44. The minimum Gasteiger partial charge on any atom is -0.493 e. The van der Waals surface area contributed by atoms with Crippen LogP contribution in [0.25, 0.3) is 0 Å². The third kappa shape index (κ3) is 5.83. The molecule has 0 spiro atoms. The van der Waals surface area contributed by atoms with Crippen LogP contribution < -0.4 is 18.7 Å². The van der Waals surface area contributed by atoms with Gasteiger partial charge in [0.2, 0.25) is 5.91 Å². The third-order valence-electron chi connectivity index (χ3n) is 6.35. The van der Waals surface area contributed by atoms with Crippen LogP contribution in [0.15, 0.2) is 47.5 Å². The summed E-state index contributed by atoms with van der Waals surface area (Å²) in [6, 6.07) is 8.95. The van der Waals surface area contributed by atoms with Gasteiger partial charge in [-0.1, -0.05) is 11.6 Å². The Morgan fingerprint density at radius 1 is 1.11 bits per heavy atom. The number of sulfonamides is 1. The quantitative estimate of drug-likeness (QED) is 0.371. The number of aromatic nitrogens is 2. The highest BCUT2D eigenvalue weighted by atomic mass is 35.5. The highest BCUT2D eigenvalue weighted by Gasteiger charge is 2.33. The standard InChI is InChI=1S/C26H34ClN5O5S/c1-8-31(18(3)26-17(2)15-28-29-26)25(33)16-32(22-13-19(30(4)5)9-11-21(22)27)38(34,35)20-10-12-23(36-6)24(14-20)37-7/h9-15,18H,8,16H2,1-7H3,(H,28,29). The third-order valence-corrected chi connectivity index (χ3v) is 8.43. The van der Waals surface area contributed by atoms with Gasteiger partial charge in [0.1, 0.15) is 6.54 Å². The van der Waals surface area contributed by atoms with E-state index in [0.29, 0.717) is 12.3 Å². The molecular weight excluding hydrogens is 530 g/mol. The molecule has 1 unspecified atom stereocenters. The summed E-state index contributed by atoms with van der Waals surface area (Å²) in [6.45, 7) is 5.49. The van der Waals surface area contributed by atoms with E-state index in [2.05, 4.69) is 10.2 Å². The molecule has 0 radical (unpaired) electrons. The molecule has 0 saturated carbocycles. The zero-order chi connectivity index (χ0) is 28.2. The van der Waals surface area contributed by atoms with Gasteiger partial charge in [-0.25, -0.2) is 8.42 Å². The number of aryl methyl sites for hydroxylation is 1. The average Bonchev–Trinajstić information content (AvgIpc) is 3.33. The number of hydrogen-bond acceptors (Lipinski definition) is 7. The van der Waals surface area contributed by atoms with Crippen molar-refractivity contribution in [3.05, 3.63) is 58.9 Å². The Balaban J connectivity index is 2.13. The van der Waals surface area contributed by atoms with Gasteiger partial charge in [0.25, 0.3) is 10.0 Å². The summed E-state index contributed by atoms with van der Waals surface area (Å²) < 4.78 is 39.8. The molecule has 0 aliphatic rings. The van der Waals surface area contributed by atoms with Crippen molar-refractivity contribution in [2.24, 2.45) is 0 Å². The molecule has 3 rings (SSSR count). The summed E-state index contributed by atoms with van der Waals surface area (Å²) in [4.78, 5) is 17.1. The number of rotatable bonds is 11. The highest BCUT2D eigenvalue weighted by Crippen LogP contribution is 2.36. The van der Waals surface area contributed by atoms with Crippen LogP contribution in [-0.2, 0) is 14.8 Å². The fraction of sp³-hybridized carbons (Fsp3) is 0.385. The fourth-order valence-electron chi connectivity index (χ4n) is 4.19. The number of nitrogens with one attached hydrogen (secondary N) is 1. The molecule has 206 valence electrons. The second kappa shape index (κ2) is 12.0. The average molecular weight is 564 g/mol. The van der Waals surface area contributed by atoms with Crippen molar-refractivity contribution in [1.82, 2.24) is 15.1 Å². The predicted molar refractivity (Wildman–Crippen MR) is 149 cm³/mol. The monoisotopic (exact) mass is 563 g/mol. The van der Waals surface area contributed by atoms with Gasteiger partial charge in [0.15, 0.2) is 11.5 Å². The first-order valence-corrected chi connectivity index (χ1v) is 13.8. The first kappa shape index (κ1) is 29.1. The second-order valence-corrected chi connectivity index (χ2v) is 11.2. The smallest absolute Gasteiger partial charge is 0.264 e. The largest absolute Gasteiger partial charge is 0.493 e. The highest BCUT2D eigenvalue weighted by molar-refractivity contribution is 7.92. The summed E-state index contributed by atoms with van der Waals surface area (Å²) >= 11 is 6.55. The summed E-state index contributed by atoms with van der Waals surface area (Å²) in [7, 11) is 2.28. The molecule has 0 aliphatic heterocycles. The number of anilines is 2. The molecule has 1 atom stereocenters. The van der Waals surface area contributed by atoms with Gasteiger partial charge in [0, 0.05) is 32.4 Å². The van der Waals surface area contributed by atoms with E-state index in [4.69, 9.17) is 21.1 Å². The van der Waals surface area contributed by atoms with E-state index in [1.807, 2.05) is 39.8 Å². The lowest BCUT2D eigenvalue weighted by molar-refractivity contribution is -0.131. The number of aromatic amines is 1. The van der Waals surface area contributed by atoms with Gasteiger partial charge in [-0.15, -0.1) is 0 Å². The maximum atomic E-state index is 14.1. The molecule has 0 saturated heterocycles. The van der Waals surface area contributed by atoms with Crippen LogP contribution in [0.1, 0.15) is 31.1 Å². The van der Waals surface area contributed by atoms with E-state index in [9.17, 15) is 13.2 Å². The lowest BCUT2D eigenvalue weighted by Gasteiger charge is -2.32.